The van der Waals surface area contributed by atoms with Crippen molar-refractivity contribution < 1.29 is 18.6 Å². The average Bonchev–Trinajstić information content (AvgIpc) is 2.76. The number of aromatic nitrogens is 2. The average molecular weight is 387 g/mol. The zero-order valence-electron chi connectivity index (χ0n) is 15.5. The molecule has 0 atom stereocenters. The molecule has 0 bridgehead atoms. The van der Waals surface area contributed by atoms with Crippen LogP contribution < -0.4 is 14.2 Å². The maximum Gasteiger partial charge on any atom is 0.227 e. The van der Waals surface area contributed by atoms with Gasteiger partial charge in [0.2, 0.25) is 11.8 Å². The Labute approximate surface area is 167 Å². The van der Waals surface area contributed by atoms with Gasteiger partial charge in [0.25, 0.3) is 0 Å². The summed E-state index contributed by atoms with van der Waals surface area (Å²) >= 11 is 0. The van der Waals surface area contributed by atoms with Gasteiger partial charge in [-0.2, -0.15) is 0 Å². The molecule has 0 spiro atoms. The highest BCUT2D eigenvalue weighted by Gasteiger charge is 2.11. The molecule has 143 valence electrons. The van der Waals surface area contributed by atoms with E-state index in [-0.39, 0.29) is 5.82 Å². The van der Waals surface area contributed by atoms with Crippen LogP contribution in [0.25, 0.3) is 11.1 Å². The molecule has 0 N–H and O–H groups in total. The first-order chi connectivity index (χ1) is 14.2. The van der Waals surface area contributed by atoms with Crippen LogP contribution in [-0.2, 0) is 0 Å². The fourth-order valence-corrected chi connectivity index (χ4v) is 2.64. The Morgan fingerprint density at radius 1 is 0.793 bits per heavy atom. The maximum absolute atomic E-state index is 13.1. The van der Waals surface area contributed by atoms with Gasteiger partial charge in [-0.1, -0.05) is 0 Å². The molecule has 1 radical (unpaired) electrons. The number of methoxy groups -OCH3 is 1. The molecule has 2 aromatic carbocycles. The predicted molar refractivity (Wildman–Crippen MR) is 106 cm³/mol. The zero-order valence-corrected chi connectivity index (χ0v) is 15.5. The number of benzene rings is 2. The van der Waals surface area contributed by atoms with Crippen LogP contribution >= 0.6 is 0 Å². The first-order valence-corrected chi connectivity index (χ1v) is 8.80. The molecule has 0 saturated heterocycles. The molecule has 0 amide bonds. The van der Waals surface area contributed by atoms with Crippen molar-refractivity contribution in [3.63, 3.8) is 0 Å². The molecular formula is C23H16FN2O3. The number of halogens is 1. The van der Waals surface area contributed by atoms with Crippen molar-refractivity contribution in [3.8, 4) is 40.1 Å². The van der Waals surface area contributed by atoms with Crippen molar-refractivity contribution >= 4 is 0 Å². The van der Waals surface area contributed by atoms with Gasteiger partial charge in [-0.05, 0) is 72.3 Å². The van der Waals surface area contributed by atoms with Gasteiger partial charge in [0.15, 0.2) is 0 Å². The van der Waals surface area contributed by atoms with E-state index in [9.17, 15) is 4.39 Å². The summed E-state index contributed by atoms with van der Waals surface area (Å²) in [6.45, 7) is 0. The van der Waals surface area contributed by atoms with Crippen LogP contribution in [0.4, 0.5) is 4.39 Å². The van der Waals surface area contributed by atoms with Crippen molar-refractivity contribution in [1.29, 1.82) is 0 Å². The highest BCUT2D eigenvalue weighted by atomic mass is 19.1. The number of hydrogen-bond donors (Lipinski definition) is 0. The molecule has 4 aromatic rings. The van der Waals surface area contributed by atoms with E-state index in [1.54, 1.807) is 55.9 Å². The normalized spacial score (nSPS) is 10.4. The lowest BCUT2D eigenvalue weighted by Crippen LogP contribution is -1.93. The quantitative estimate of drug-likeness (QED) is 0.426. The molecule has 0 fully saturated rings. The smallest absolute Gasteiger partial charge is 0.227 e. The minimum Gasteiger partial charge on any atom is -0.497 e. The van der Waals surface area contributed by atoms with Crippen molar-refractivity contribution in [3.05, 3.63) is 91.0 Å². The molecule has 6 heteroatoms. The van der Waals surface area contributed by atoms with Gasteiger partial charge in [-0.3, -0.25) is 0 Å². The predicted octanol–water partition coefficient (Wildman–Crippen LogP) is 5.68. The second kappa shape index (κ2) is 8.39. The van der Waals surface area contributed by atoms with Crippen LogP contribution in [0.5, 0.6) is 29.0 Å². The van der Waals surface area contributed by atoms with Crippen LogP contribution in [0.3, 0.4) is 0 Å². The second-order valence-electron chi connectivity index (χ2n) is 5.99. The lowest BCUT2D eigenvalue weighted by Gasteiger charge is -2.11. The second-order valence-corrected chi connectivity index (χ2v) is 5.99. The molecule has 0 aliphatic heterocycles. The number of rotatable bonds is 6. The van der Waals surface area contributed by atoms with Gasteiger partial charge in [0.1, 0.15) is 23.1 Å². The van der Waals surface area contributed by atoms with Crippen LogP contribution in [0.15, 0.2) is 79.1 Å². The van der Waals surface area contributed by atoms with E-state index in [4.69, 9.17) is 14.2 Å². The van der Waals surface area contributed by atoms with Gasteiger partial charge < -0.3 is 14.2 Å². The molecule has 2 heterocycles. The van der Waals surface area contributed by atoms with E-state index in [1.807, 2.05) is 18.2 Å². The van der Waals surface area contributed by atoms with Gasteiger partial charge in [-0.25, -0.2) is 14.4 Å². The standard InChI is InChI=1S/C23H16FN2O3/c1-27-18-8-10-19(11-9-18)28-22-15-16(12-14-25-22)21-3-2-13-26-23(21)29-20-6-4-17(24)5-7-20/h2,4-15H,1H3. The first-order valence-electron chi connectivity index (χ1n) is 8.80. The van der Waals surface area contributed by atoms with E-state index in [1.165, 1.54) is 12.1 Å². The Morgan fingerprint density at radius 3 is 2.24 bits per heavy atom. The van der Waals surface area contributed by atoms with Crippen LogP contribution in [0.1, 0.15) is 0 Å². The Balaban J connectivity index is 1.60. The minimum atomic E-state index is -0.334. The van der Waals surface area contributed by atoms with E-state index in [0.717, 1.165) is 11.3 Å². The highest BCUT2D eigenvalue weighted by molar-refractivity contribution is 5.68. The molecule has 2 aromatic heterocycles. The third-order valence-corrected chi connectivity index (χ3v) is 4.04. The van der Waals surface area contributed by atoms with E-state index < -0.39 is 0 Å². The number of ether oxygens (including phenoxy) is 3. The SMILES string of the molecule is COc1ccc(Oc2cc(-c3[c]ccnc3Oc3ccc(F)cc3)ccn2)cc1. The van der Waals surface area contributed by atoms with Crippen molar-refractivity contribution in [1.82, 2.24) is 9.97 Å². The lowest BCUT2D eigenvalue weighted by atomic mass is 10.1. The van der Waals surface area contributed by atoms with Crippen LogP contribution in [0.2, 0.25) is 0 Å². The molecule has 0 aliphatic rings. The Morgan fingerprint density at radius 2 is 1.48 bits per heavy atom. The Kier molecular flexibility index (Phi) is 5.33. The number of hydrogen-bond acceptors (Lipinski definition) is 5. The van der Waals surface area contributed by atoms with Gasteiger partial charge in [-0.15, -0.1) is 0 Å². The summed E-state index contributed by atoms with van der Waals surface area (Å²) in [6, 6.07) is 21.4. The summed E-state index contributed by atoms with van der Waals surface area (Å²) in [5.74, 6) is 2.28. The Hall–Kier alpha value is -3.93. The Bertz CT molecular complexity index is 1100. The van der Waals surface area contributed by atoms with Crippen molar-refractivity contribution in [2.24, 2.45) is 0 Å². The summed E-state index contributed by atoms with van der Waals surface area (Å²) in [4.78, 5) is 8.54. The van der Waals surface area contributed by atoms with Crippen LogP contribution in [-0.4, -0.2) is 17.1 Å². The molecule has 0 aliphatic carbocycles. The molecule has 29 heavy (non-hydrogen) atoms. The summed E-state index contributed by atoms with van der Waals surface area (Å²) < 4.78 is 29.9. The summed E-state index contributed by atoms with van der Waals surface area (Å²) in [5, 5.41) is 0. The molecular weight excluding hydrogens is 371 g/mol. The molecule has 0 saturated carbocycles. The third kappa shape index (κ3) is 4.50. The largest absolute Gasteiger partial charge is 0.497 e. The van der Waals surface area contributed by atoms with E-state index in [2.05, 4.69) is 16.0 Å². The minimum absolute atomic E-state index is 0.334. The van der Waals surface area contributed by atoms with Gasteiger partial charge in [0.05, 0.1) is 12.7 Å². The lowest BCUT2D eigenvalue weighted by molar-refractivity contribution is 0.412. The van der Waals surface area contributed by atoms with Crippen molar-refractivity contribution in [2.45, 2.75) is 0 Å². The molecule has 5 nitrogen and oxygen atoms in total. The van der Waals surface area contributed by atoms with Gasteiger partial charge >= 0.3 is 0 Å². The maximum atomic E-state index is 13.1. The van der Waals surface area contributed by atoms with E-state index in [0.29, 0.717) is 28.8 Å². The fraction of sp³-hybridized carbons (Fsp3) is 0.0435. The molecule has 4 rings (SSSR count). The first kappa shape index (κ1) is 18.4. The monoisotopic (exact) mass is 387 g/mol. The number of nitrogens with zero attached hydrogens (tertiary/aromatic N) is 2. The zero-order chi connectivity index (χ0) is 20.1. The number of pyridine rings is 2. The fourth-order valence-electron chi connectivity index (χ4n) is 2.64. The molecule has 0 unspecified atom stereocenters. The van der Waals surface area contributed by atoms with Gasteiger partial charge in [0, 0.05) is 18.5 Å². The van der Waals surface area contributed by atoms with Crippen molar-refractivity contribution in [2.75, 3.05) is 7.11 Å². The summed E-state index contributed by atoms with van der Waals surface area (Å²) in [5.41, 5.74) is 1.41. The summed E-state index contributed by atoms with van der Waals surface area (Å²) in [7, 11) is 1.61. The topological polar surface area (TPSA) is 53.5 Å². The van der Waals surface area contributed by atoms with E-state index >= 15 is 0 Å². The third-order valence-electron chi connectivity index (χ3n) is 4.04. The summed E-state index contributed by atoms with van der Waals surface area (Å²) in [6.07, 6.45) is 3.22. The van der Waals surface area contributed by atoms with Crippen LogP contribution in [0, 0.1) is 11.9 Å². The highest BCUT2D eigenvalue weighted by Crippen LogP contribution is 2.33.